The first-order valence-corrected chi connectivity index (χ1v) is 23.3. The van der Waals surface area contributed by atoms with E-state index in [1.807, 2.05) is 62.2 Å². The van der Waals surface area contributed by atoms with E-state index >= 15 is 0 Å². The van der Waals surface area contributed by atoms with E-state index < -0.39 is 29.7 Å². The Labute approximate surface area is 401 Å². The fourth-order valence-corrected chi connectivity index (χ4v) is 8.06. The number of carbonyl (C=O) groups excluding carboxylic acids is 7. The van der Waals surface area contributed by atoms with Crippen LogP contribution in [0, 0.1) is 0 Å². The van der Waals surface area contributed by atoms with Gasteiger partial charge in [-0.25, -0.2) is 9.97 Å². The Kier molecular flexibility index (Phi) is 18.6. The van der Waals surface area contributed by atoms with Crippen LogP contribution < -0.4 is 24.6 Å². The lowest BCUT2D eigenvalue weighted by atomic mass is 10.0. The first-order valence-electron chi connectivity index (χ1n) is 23.3. The molecule has 7 rings (SSSR count). The van der Waals surface area contributed by atoms with Crippen molar-refractivity contribution in [3.63, 3.8) is 0 Å². The minimum atomic E-state index is -1.05. The third-order valence-corrected chi connectivity index (χ3v) is 11.8. The highest BCUT2D eigenvalue weighted by molar-refractivity contribution is 6.24. The Morgan fingerprint density at radius 1 is 0.739 bits per heavy atom. The lowest BCUT2D eigenvalue weighted by molar-refractivity contribution is -0.136. The number of benzene rings is 3. The first kappa shape index (κ1) is 51.5. The summed E-state index contributed by atoms with van der Waals surface area (Å²) in [7, 11) is 5.22. The monoisotopic (exact) mass is 948 g/mol. The maximum Gasteiger partial charge on any atom is 0.266 e. The lowest BCUT2D eigenvalue weighted by Crippen LogP contribution is -2.54. The van der Waals surface area contributed by atoms with E-state index in [0.29, 0.717) is 99.5 Å². The van der Waals surface area contributed by atoms with Gasteiger partial charge in [0.2, 0.25) is 11.8 Å². The highest BCUT2D eigenvalue weighted by Gasteiger charge is 2.46. The Bertz CT molecular complexity index is 2530. The molecule has 5 amide bonds. The number of unbranched alkanes of at least 4 members (excludes halogenated alkanes) is 2. The molecule has 3 aliphatic heterocycles. The summed E-state index contributed by atoms with van der Waals surface area (Å²) in [4.78, 5) is 101. The summed E-state index contributed by atoms with van der Waals surface area (Å²) in [5.41, 5.74) is 3.68. The highest BCUT2D eigenvalue weighted by atomic mass is 16.5. The van der Waals surface area contributed by atoms with Gasteiger partial charge in [0, 0.05) is 77.3 Å². The standard InChI is InChI=1S/C30H36N4O5.C21H24N2O7/c1-5-38-16-17-39-15-9-8-12-26(35)21-13-14-22(27(18-21)37-4)19-28-31-20-25-29(32-28)33(2)24-11-7-6-10-23(24)30(36)34(25)3;1-2-29-11-4-3-6-13(24)12-30-16-8-5-7-14-18(16)21(28)23(20(14)27)15-9-10-17(25)22-19(15)26/h6-7,10-11,13-14,18,20H,5,8-9,12,15-17,19H2,1-4H3;5,7-8,15H,2-4,6,9-12H2,1H3,(H,22,25,26). The molecule has 4 aromatic rings. The summed E-state index contributed by atoms with van der Waals surface area (Å²) in [6, 6.07) is 16.5. The number of amides is 5. The minimum Gasteiger partial charge on any atom is -0.496 e. The van der Waals surface area contributed by atoms with Gasteiger partial charge in [-0.3, -0.25) is 43.8 Å². The van der Waals surface area contributed by atoms with Gasteiger partial charge < -0.3 is 33.5 Å². The zero-order valence-corrected chi connectivity index (χ0v) is 39.9. The van der Waals surface area contributed by atoms with Crippen LogP contribution in [0.25, 0.3) is 0 Å². The van der Waals surface area contributed by atoms with Gasteiger partial charge in [0.25, 0.3) is 17.7 Å². The van der Waals surface area contributed by atoms with Crippen molar-refractivity contribution in [3.05, 3.63) is 101 Å². The SMILES string of the molecule is CCOCCCCC(=O)COc1cccc2c1C(=O)N(C1CCC(=O)NC1=O)C2=O.CCOCCOCCCCC(=O)c1ccc(Cc2ncc3c(n2)N(C)c2ccccc2C(=O)N3C)c(OC)c1. The molecule has 0 saturated carbocycles. The number of nitrogens with zero attached hydrogens (tertiary/aromatic N) is 5. The van der Waals surface area contributed by atoms with Crippen LogP contribution in [0.2, 0.25) is 0 Å². The van der Waals surface area contributed by atoms with Crippen molar-refractivity contribution in [2.24, 2.45) is 0 Å². The predicted octanol–water partition coefficient (Wildman–Crippen LogP) is 6.08. The molecule has 1 fully saturated rings. The Morgan fingerprint density at radius 2 is 1.45 bits per heavy atom. The van der Waals surface area contributed by atoms with Crippen molar-refractivity contribution in [2.75, 3.05) is 77.3 Å². The molecular formula is C51H60N6O12. The average molecular weight is 949 g/mol. The molecule has 3 aliphatic rings. The Morgan fingerprint density at radius 3 is 2.20 bits per heavy atom. The molecule has 1 saturated heterocycles. The molecule has 1 atom stereocenters. The van der Waals surface area contributed by atoms with Gasteiger partial charge in [-0.15, -0.1) is 0 Å². The number of Topliss-reactive ketones (excluding diaryl/α,β-unsaturated/α-hetero) is 2. The number of aromatic nitrogens is 2. The zero-order chi connectivity index (χ0) is 49.5. The molecule has 0 spiro atoms. The predicted molar refractivity (Wildman–Crippen MR) is 255 cm³/mol. The van der Waals surface area contributed by atoms with Crippen LogP contribution >= 0.6 is 0 Å². The number of piperidine rings is 1. The van der Waals surface area contributed by atoms with Gasteiger partial charge in [0.1, 0.15) is 35.7 Å². The molecule has 1 unspecified atom stereocenters. The zero-order valence-electron chi connectivity index (χ0n) is 39.9. The number of ether oxygens (including phenoxy) is 5. The van der Waals surface area contributed by atoms with Crippen LogP contribution in [0.1, 0.15) is 118 Å². The minimum absolute atomic E-state index is 0.0383. The number of fused-ring (bicyclic) bond motifs is 3. The third-order valence-electron chi connectivity index (χ3n) is 11.8. The molecular weight excluding hydrogens is 889 g/mol. The van der Waals surface area contributed by atoms with Crippen LogP contribution in [0.3, 0.4) is 0 Å². The second-order valence-electron chi connectivity index (χ2n) is 16.4. The van der Waals surface area contributed by atoms with Crippen LogP contribution in [-0.4, -0.2) is 129 Å². The molecule has 0 bridgehead atoms. The van der Waals surface area contributed by atoms with Crippen LogP contribution in [0.15, 0.2) is 66.9 Å². The molecule has 4 heterocycles. The quantitative estimate of drug-likeness (QED) is 0.0507. The number of anilines is 3. The van der Waals surface area contributed by atoms with Crippen LogP contribution in [-0.2, 0) is 35.0 Å². The van der Waals surface area contributed by atoms with E-state index in [0.717, 1.165) is 35.4 Å². The van der Waals surface area contributed by atoms with Crippen molar-refractivity contribution < 1.29 is 57.2 Å². The number of methoxy groups -OCH3 is 1. The molecule has 0 aliphatic carbocycles. The van der Waals surface area contributed by atoms with Gasteiger partial charge in [-0.2, -0.15) is 0 Å². The molecule has 18 nitrogen and oxygen atoms in total. The molecule has 0 radical (unpaired) electrons. The first-order chi connectivity index (χ1) is 33.4. The van der Waals surface area contributed by atoms with Crippen molar-refractivity contribution in [3.8, 4) is 11.5 Å². The lowest BCUT2D eigenvalue weighted by Gasteiger charge is -2.27. The highest BCUT2D eigenvalue weighted by Crippen LogP contribution is 2.38. The molecule has 1 aromatic heterocycles. The number of para-hydroxylation sites is 1. The average Bonchev–Trinajstić information content (AvgIpc) is 3.57. The topological polar surface area (TPSA) is 213 Å². The van der Waals surface area contributed by atoms with Crippen molar-refractivity contribution in [1.82, 2.24) is 20.2 Å². The van der Waals surface area contributed by atoms with Gasteiger partial charge in [-0.1, -0.05) is 30.3 Å². The third kappa shape index (κ3) is 12.8. The summed E-state index contributed by atoms with van der Waals surface area (Å²) in [5.74, 6) is -0.567. The number of ketones is 2. The van der Waals surface area contributed by atoms with Crippen molar-refractivity contribution in [2.45, 2.75) is 77.7 Å². The summed E-state index contributed by atoms with van der Waals surface area (Å²) in [6.45, 7) is 7.36. The molecule has 18 heteroatoms. The Balaban J connectivity index is 0.000000235. The van der Waals surface area contributed by atoms with E-state index in [1.165, 1.54) is 12.1 Å². The normalized spacial score (nSPS) is 15.2. The maximum atomic E-state index is 13.0. The van der Waals surface area contributed by atoms with Crippen LogP contribution in [0.5, 0.6) is 11.5 Å². The van der Waals surface area contributed by atoms with E-state index in [1.54, 1.807) is 37.4 Å². The summed E-state index contributed by atoms with van der Waals surface area (Å²) in [6.07, 6.45) is 6.03. The fraction of sp³-hybridized carbons (Fsp3) is 0.431. The van der Waals surface area contributed by atoms with Crippen LogP contribution in [0.4, 0.5) is 17.2 Å². The number of nitrogens with one attached hydrogen (secondary N) is 1. The molecule has 69 heavy (non-hydrogen) atoms. The fourth-order valence-electron chi connectivity index (χ4n) is 8.06. The maximum absolute atomic E-state index is 13.0. The number of rotatable bonds is 23. The number of hydrogen-bond acceptors (Lipinski definition) is 15. The number of imide groups is 2. The van der Waals surface area contributed by atoms with Gasteiger partial charge in [0.05, 0.1) is 48.9 Å². The smallest absolute Gasteiger partial charge is 0.266 e. The molecule has 366 valence electrons. The molecule has 1 N–H and O–H groups in total. The largest absolute Gasteiger partial charge is 0.496 e. The summed E-state index contributed by atoms with van der Waals surface area (Å²) in [5, 5.41) is 2.15. The van der Waals surface area contributed by atoms with Crippen molar-refractivity contribution in [1.29, 1.82) is 0 Å². The van der Waals surface area contributed by atoms with E-state index in [4.69, 9.17) is 28.7 Å². The summed E-state index contributed by atoms with van der Waals surface area (Å²) < 4.78 is 27.2. The number of carbonyl (C=O) groups is 7. The van der Waals surface area contributed by atoms with E-state index in [2.05, 4.69) is 10.3 Å². The van der Waals surface area contributed by atoms with Gasteiger partial charge >= 0.3 is 0 Å². The van der Waals surface area contributed by atoms with E-state index in [-0.39, 0.29) is 53.8 Å². The van der Waals surface area contributed by atoms with Gasteiger partial charge in [-0.05, 0) is 76.3 Å². The second-order valence-corrected chi connectivity index (χ2v) is 16.4. The van der Waals surface area contributed by atoms with Gasteiger partial charge in [0.15, 0.2) is 17.4 Å². The van der Waals surface area contributed by atoms with Crippen molar-refractivity contribution >= 4 is 58.3 Å². The van der Waals surface area contributed by atoms with E-state index in [9.17, 15) is 33.6 Å². The number of hydrogen-bond donors (Lipinski definition) is 1. The Hall–Kier alpha value is -6.89. The second kappa shape index (κ2) is 24.9. The molecule has 3 aromatic carbocycles. The summed E-state index contributed by atoms with van der Waals surface area (Å²) >= 11 is 0.